The summed E-state index contributed by atoms with van der Waals surface area (Å²) in [5.41, 5.74) is -0.419. The van der Waals surface area contributed by atoms with E-state index in [0.717, 1.165) is 17.6 Å². The Labute approximate surface area is 180 Å². The minimum Gasteiger partial charge on any atom is -0.457 e. The van der Waals surface area contributed by atoms with Crippen LogP contribution in [0.4, 0.5) is 19.4 Å². The van der Waals surface area contributed by atoms with Gasteiger partial charge in [0.25, 0.3) is 5.92 Å². The monoisotopic (exact) mass is 467 g/mol. The van der Waals surface area contributed by atoms with Crippen LogP contribution >= 0.6 is 8.69 Å². The molecular formula is C19H16F2N3O7P. The quantitative estimate of drug-likeness (QED) is 0.520. The second kappa shape index (κ2) is 9.11. The number of benzene rings is 1. The number of carbonyl (C=O) groups is 1. The van der Waals surface area contributed by atoms with Crippen LogP contribution in [0.3, 0.4) is 0 Å². The molecule has 168 valence electrons. The van der Waals surface area contributed by atoms with E-state index in [4.69, 9.17) is 13.9 Å². The van der Waals surface area contributed by atoms with Crippen LogP contribution in [0.2, 0.25) is 0 Å². The summed E-state index contributed by atoms with van der Waals surface area (Å²) < 4.78 is 59.7. The van der Waals surface area contributed by atoms with Crippen LogP contribution in [-0.2, 0) is 25.2 Å². The number of nitrogens with zero attached hydrogens (tertiary/aromatic N) is 2. The lowest BCUT2D eigenvalue weighted by Gasteiger charge is -2.19. The van der Waals surface area contributed by atoms with E-state index in [1.54, 1.807) is 12.1 Å². The molecule has 1 N–H and O–H groups in total. The largest absolute Gasteiger partial charge is 0.457 e. The van der Waals surface area contributed by atoms with Gasteiger partial charge in [0.1, 0.15) is 17.2 Å². The predicted octanol–water partition coefficient (Wildman–Crippen LogP) is 3.88. The first kappa shape index (κ1) is 22.0. The van der Waals surface area contributed by atoms with E-state index in [1.807, 2.05) is 18.2 Å². The highest BCUT2D eigenvalue weighted by Gasteiger charge is 2.51. The standard InChI is InChI=1S/C19H16F2N3O7P/c20-19(21)8-13(10-29-32-27)31-16(19)24-6-5-15(22-17(24)25)23-18(26)28-9-12-7-11-3-1-2-4-14(11)30-12/h1-7,13,16H,8-10H2,(H,22,23,25,26)/t13-,16+/m0/s1. The number of fused-ring (bicyclic) bond motifs is 1. The zero-order valence-corrected chi connectivity index (χ0v) is 17.2. The summed E-state index contributed by atoms with van der Waals surface area (Å²) in [6.07, 6.45) is -3.56. The molecule has 1 amide bonds. The van der Waals surface area contributed by atoms with E-state index < -0.39 is 45.1 Å². The normalized spacial score (nSPS) is 19.9. The molecule has 2 aromatic heterocycles. The Morgan fingerprint density at radius 1 is 1.34 bits per heavy atom. The van der Waals surface area contributed by atoms with Crippen LogP contribution in [0, 0.1) is 0 Å². The first-order valence-corrected chi connectivity index (χ1v) is 10.1. The number of para-hydroxylation sites is 1. The number of alkyl halides is 2. The maximum absolute atomic E-state index is 14.3. The topological polar surface area (TPSA) is 122 Å². The molecule has 0 aliphatic carbocycles. The first-order valence-electron chi connectivity index (χ1n) is 9.34. The molecule has 0 unspecified atom stereocenters. The van der Waals surface area contributed by atoms with E-state index in [-0.39, 0.29) is 19.0 Å². The van der Waals surface area contributed by atoms with Crippen LogP contribution < -0.4 is 11.0 Å². The van der Waals surface area contributed by atoms with Gasteiger partial charge in [0.2, 0.25) is 6.23 Å². The van der Waals surface area contributed by atoms with Gasteiger partial charge >= 0.3 is 20.5 Å². The minimum absolute atomic E-state index is 0.161. The SMILES string of the molecule is O=POC[C@@H]1CC(F)(F)[C@H](n2ccc(NC(=O)OCc3cc4ccccc4o3)nc2=O)O1. The van der Waals surface area contributed by atoms with Gasteiger partial charge in [0.15, 0.2) is 6.61 Å². The third-order valence-corrected chi connectivity index (χ3v) is 4.88. The number of carbonyl (C=O) groups excluding carboxylic acids is 1. The second-order valence-corrected chi connectivity index (χ2v) is 7.31. The van der Waals surface area contributed by atoms with Crippen LogP contribution in [0.15, 0.2) is 51.8 Å². The van der Waals surface area contributed by atoms with Crippen LogP contribution in [0.5, 0.6) is 0 Å². The maximum atomic E-state index is 14.3. The van der Waals surface area contributed by atoms with Crippen molar-refractivity contribution in [2.45, 2.75) is 31.3 Å². The summed E-state index contributed by atoms with van der Waals surface area (Å²) in [5.74, 6) is -3.15. The van der Waals surface area contributed by atoms with E-state index >= 15 is 0 Å². The van der Waals surface area contributed by atoms with Crippen LogP contribution in [-0.4, -0.2) is 34.3 Å². The van der Waals surface area contributed by atoms with Crippen LogP contribution in [0.1, 0.15) is 18.4 Å². The van der Waals surface area contributed by atoms with Crippen LogP contribution in [0.25, 0.3) is 11.0 Å². The summed E-state index contributed by atoms with van der Waals surface area (Å²) >= 11 is 0. The predicted molar refractivity (Wildman–Crippen MR) is 106 cm³/mol. The van der Waals surface area contributed by atoms with Gasteiger partial charge < -0.3 is 13.9 Å². The zero-order valence-electron chi connectivity index (χ0n) is 16.3. The average molecular weight is 467 g/mol. The summed E-state index contributed by atoms with van der Waals surface area (Å²) in [6.45, 7) is -0.484. The fourth-order valence-corrected chi connectivity index (χ4v) is 3.49. The van der Waals surface area contributed by atoms with E-state index in [9.17, 15) is 22.9 Å². The highest BCUT2D eigenvalue weighted by atomic mass is 31.1. The summed E-state index contributed by atoms with van der Waals surface area (Å²) in [4.78, 5) is 27.8. The summed E-state index contributed by atoms with van der Waals surface area (Å²) in [5, 5.41) is 3.10. The molecule has 4 rings (SSSR count). The van der Waals surface area contributed by atoms with Gasteiger partial charge in [-0.05, 0) is 18.2 Å². The number of aromatic nitrogens is 2. The van der Waals surface area contributed by atoms with E-state index in [1.165, 1.54) is 0 Å². The Hall–Kier alpha value is -3.21. The highest BCUT2D eigenvalue weighted by Crippen LogP contribution is 2.42. The minimum atomic E-state index is -3.38. The van der Waals surface area contributed by atoms with Gasteiger partial charge in [-0.2, -0.15) is 4.98 Å². The number of rotatable bonds is 7. The molecule has 3 heterocycles. The number of anilines is 1. The Morgan fingerprint density at radius 3 is 2.91 bits per heavy atom. The Kier molecular flexibility index (Phi) is 6.26. The molecule has 1 saturated heterocycles. The first-order chi connectivity index (χ1) is 15.4. The van der Waals surface area contributed by atoms with Gasteiger partial charge in [-0.3, -0.25) is 14.4 Å². The molecule has 0 bridgehead atoms. The lowest BCUT2D eigenvalue weighted by Crippen LogP contribution is -2.35. The molecule has 10 nitrogen and oxygen atoms in total. The molecular weight excluding hydrogens is 451 g/mol. The summed E-state index contributed by atoms with van der Waals surface area (Å²) in [7, 11) is -0.661. The molecule has 3 aromatic rings. The number of furan rings is 1. The van der Waals surface area contributed by atoms with Gasteiger partial charge in [-0.1, -0.05) is 18.2 Å². The molecule has 1 aromatic carbocycles. The fourth-order valence-electron chi connectivity index (χ4n) is 3.26. The molecule has 0 spiro atoms. The van der Waals surface area contributed by atoms with Crippen molar-refractivity contribution in [3.8, 4) is 0 Å². The average Bonchev–Trinajstić information content (AvgIpc) is 3.30. The third-order valence-electron chi connectivity index (χ3n) is 4.63. The van der Waals surface area contributed by atoms with E-state index in [2.05, 4.69) is 14.8 Å². The molecule has 0 radical (unpaired) electrons. The molecule has 0 saturated carbocycles. The number of nitrogens with one attached hydrogen (secondary N) is 1. The number of ether oxygens (including phenoxy) is 2. The Balaban J connectivity index is 1.38. The zero-order chi connectivity index (χ0) is 22.7. The maximum Gasteiger partial charge on any atom is 0.413 e. The molecule has 1 aliphatic rings. The molecule has 1 aliphatic heterocycles. The number of hydrogen-bond acceptors (Lipinski definition) is 8. The number of halogens is 2. The van der Waals surface area contributed by atoms with Gasteiger partial charge in [-0.25, -0.2) is 22.9 Å². The van der Waals surface area contributed by atoms with Gasteiger partial charge in [0.05, 0.1) is 12.7 Å². The summed E-state index contributed by atoms with van der Waals surface area (Å²) in [6, 6.07) is 10.1. The molecule has 1 fully saturated rings. The third kappa shape index (κ3) is 4.82. The number of amides is 1. The van der Waals surface area contributed by atoms with Crippen molar-refractivity contribution in [1.82, 2.24) is 9.55 Å². The van der Waals surface area contributed by atoms with Crippen molar-refractivity contribution in [3.63, 3.8) is 0 Å². The Morgan fingerprint density at radius 2 is 2.16 bits per heavy atom. The van der Waals surface area contributed by atoms with Crippen molar-refractivity contribution >= 4 is 31.6 Å². The highest BCUT2D eigenvalue weighted by molar-refractivity contribution is 7.17. The number of hydrogen-bond donors (Lipinski definition) is 1. The Bertz CT molecular complexity index is 1170. The second-order valence-electron chi connectivity index (χ2n) is 6.90. The van der Waals surface area contributed by atoms with E-state index in [0.29, 0.717) is 15.9 Å². The van der Waals surface area contributed by atoms with Crippen molar-refractivity contribution in [2.75, 3.05) is 11.9 Å². The van der Waals surface area contributed by atoms with Gasteiger partial charge in [0, 0.05) is 18.0 Å². The van der Waals surface area contributed by atoms with Crippen molar-refractivity contribution in [2.24, 2.45) is 0 Å². The van der Waals surface area contributed by atoms with Crippen molar-refractivity contribution < 1.29 is 36.6 Å². The van der Waals surface area contributed by atoms with Crippen molar-refractivity contribution in [1.29, 1.82) is 0 Å². The molecule has 32 heavy (non-hydrogen) atoms. The fraction of sp³-hybridized carbons (Fsp3) is 0.316. The van der Waals surface area contributed by atoms with Gasteiger partial charge in [-0.15, -0.1) is 0 Å². The van der Waals surface area contributed by atoms with Crippen molar-refractivity contribution in [3.05, 3.63) is 58.8 Å². The lowest BCUT2D eigenvalue weighted by molar-refractivity contribution is -0.119. The molecule has 13 heteroatoms. The molecule has 2 atom stereocenters. The lowest BCUT2D eigenvalue weighted by atomic mass is 10.2. The smallest absolute Gasteiger partial charge is 0.413 e.